The Morgan fingerprint density at radius 1 is 1.29 bits per heavy atom. The maximum Gasteiger partial charge on any atom is 0.270 e. The van der Waals surface area contributed by atoms with E-state index in [9.17, 15) is 24.5 Å². The fourth-order valence-electron chi connectivity index (χ4n) is 2.82. The van der Waals surface area contributed by atoms with Crippen molar-refractivity contribution in [3.63, 3.8) is 0 Å². The first kappa shape index (κ1) is 22.4. The first-order valence-electron chi connectivity index (χ1n) is 9.19. The number of benzene rings is 1. The molecule has 0 aliphatic heterocycles. The van der Waals surface area contributed by atoms with E-state index in [1.54, 1.807) is 0 Å². The Bertz CT molecular complexity index is 1250. The topological polar surface area (TPSA) is 136 Å². The van der Waals surface area contributed by atoms with Gasteiger partial charge in [-0.05, 0) is 32.4 Å². The monoisotopic (exact) mass is 461 g/mol. The van der Waals surface area contributed by atoms with E-state index in [0.29, 0.717) is 21.9 Å². The number of hydrogen-bond donors (Lipinski definition) is 2. The van der Waals surface area contributed by atoms with Crippen LogP contribution in [0.3, 0.4) is 0 Å². The first-order valence-corrected chi connectivity index (χ1v) is 11.0. The molecule has 12 heteroatoms. The first-order chi connectivity index (χ1) is 14.7. The summed E-state index contributed by atoms with van der Waals surface area (Å²) in [7, 11) is 0. The van der Waals surface area contributed by atoms with E-state index in [1.807, 2.05) is 20.8 Å². The number of nitrogens with zero attached hydrogens (tertiary/aromatic N) is 3. The molecule has 0 saturated heterocycles. The van der Waals surface area contributed by atoms with Crippen LogP contribution in [-0.4, -0.2) is 32.0 Å². The van der Waals surface area contributed by atoms with Crippen molar-refractivity contribution in [1.29, 1.82) is 0 Å². The number of hydrogen-bond acceptors (Lipinski definition) is 8. The number of non-ortho nitro benzene ring substituents is 1. The molecule has 0 spiro atoms. The highest BCUT2D eigenvalue weighted by atomic mass is 32.2. The van der Waals surface area contributed by atoms with Gasteiger partial charge in [-0.3, -0.25) is 39.9 Å². The van der Waals surface area contributed by atoms with Gasteiger partial charge in [-0.2, -0.15) is 0 Å². The highest BCUT2D eigenvalue weighted by Gasteiger charge is 2.17. The van der Waals surface area contributed by atoms with E-state index < -0.39 is 16.7 Å². The Hall–Kier alpha value is -3.25. The largest absolute Gasteiger partial charge is 0.287 e. The number of fused-ring (bicyclic) bond motifs is 1. The van der Waals surface area contributed by atoms with Crippen LogP contribution in [-0.2, 0) is 11.3 Å². The van der Waals surface area contributed by atoms with Crippen LogP contribution in [0.4, 0.5) is 5.69 Å². The molecule has 31 heavy (non-hydrogen) atoms. The van der Waals surface area contributed by atoms with Crippen LogP contribution in [0.5, 0.6) is 0 Å². The summed E-state index contributed by atoms with van der Waals surface area (Å²) in [4.78, 5) is 53.5. The zero-order valence-electron chi connectivity index (χ0n) is 16.9. The van der Waals surface area contributed by atoms with Crippen molar-refractivity contribution < 1.29 is 14.5 Å². The molecular weight excluding hydrogens is 442 g/mol. The van der Waals surface area contributed by atoms with Gasteiger partial charge in [0, 0.05) is 29.1 Å². The van der Waals surface area contributed by atoms with Gasteiger partial charge in [0.15, 0.2) is 5.16 Å². The van der Waals surface area contributed by atoms with Crippen LogP contribution >= 0.6 is 23.1 Å². The van der Waals surface area contributed by atoms with Crippen molar-refractivity contribution in [3.05, 3.63) is 60.7 Å². The van der Waals surface area contributed by atoms with E-state index in [2.05, 4.69) is 15.8 Å². The zero-order valence-corrected chi connectivity index (χ0v) is 18.6. The molecule has 0 fully saturated rings. The van der Waals surface area contributed by atoms with E-state index in [1.165, 1.54) is 34.1 Å². The number of thioether (sulfide) groups is 1. The van der Waals surface area contributed by atoms with Gasteiger partial charge in [0.1, 0.15) is 4.83 Å². The Morgan fingerprint density at radius 3 is 2.71 bits per heavy atom. The molecule has 2 N–H and O–H groups in total. The molecule has 0 bridgehead atoms. The number of amides is 2. The van der Waals surface area contributed by atoms with Crippen LogP contribution in [0.25, 0.3) is 10.2 Å². The summed E-state index contributed by atoms with van der Waals surface area (Å²) < 4.78 is 1.52. The fourth-order valence-corrected chi connectivity index (χ4v) is 4.76. The van der Waals surface area contributed by atoms with Crippen molar-refractivity contribution in [2.75, 3.05) is 5.75 Å². The lowest BCUT2D eigenvalue weighted by molar-refractivity contribution is -0.384. The minimum Gasteiger partial charge on any atom is -0.287 e. The second-order valence-corrected chi connectivity index (χ2v) is 8.65. The van der Waals surface area contributed by atoms with Crippen LogP contribution in [0.2, 0.25) is 0 Å². The SMILES string of the molecule is CCn1c(SCC(=O)NNC(=O)c2cccc([N+](=O)[O-])c2)nc2sc(C)c(C)c2c1=O. The number of carbonyl (C=O) groups excluding carboxylic acids is 2. The molecule has 1 aromatic carbocycles. The van der Waals surface area contributed by atoms with Crippen molar-refractivity contribution >= 4 is 50.8 Å². The normalized spacial score (nSPS) is 10.8. The quantitative estimate of drug-likeness (QED) is 0.249. The van der Waals surface area contributed by atoms with Crippen molar-refractivity contribution in [1.82, 2.24) is 20.4 Å². The average molecular weight is 462 g/mol. The molecule has 2 amide bonds. The summed E-state index contributed by atoms with van der Waals surface area (Å²) >= 11 is 2.52. The summed E-state index contributed by atoms with van der Waals surface area (Å²) in [5, 5.41) is 11.8. The number of thiophene rings is 1. The minimum absolute atomic E-state index is 0.0394. The lowest BCUT2D eigenvalue weighted by atomic mass is 10.2. The third kappa shape index (κ3) is 4.75. The molecule has 10 nitrogen and oxygen atoms in total. The van der Waals surface area contributed by atoms with Gasteiger partial charge in [0.25, 0.3) is 17.2 Å². The van der Waals surface area contributed by atoms with Gasteiger partial charge in [0.2, 0.25) is 5.91 Å². The standard InChI is InChI=1S/C19H19N5O5S2/c1-4-23-18(27)15-10(2)11(3)31-17(15)20-19(23)30-9-14(25)21-22-16(26)12-6-5-7-13(8-12)24(28)29/h5-8H,4,9H2,1-3H3,(H,21,25)(H,22,26). The predicted octanol–water partition coefficient (Wildman–Crippen LogP) is 2.56. The molecule has 0 saturated carbocycles. The van der Waals surface area contributed by atoms with Crippen LogP contribution in [0.15, 0.2) is 34.2 Å². The molecule has 0 aliphatic rings. The number of nitro groups is 1. The molecule has 0 aliphatic carbocycles. The van der Waals surface area contributed by atoms with Crippen LogP contribution < -0.4 is 16.4 Å². The number of nitro benzene ring substituents is 1. The fraction of sp³-hybridized carbons (Fsp3) is 0.263. The molecule has 3 rings (SSSR count). The molecule has 3 aromatic rings. The van der Waals surface area contributed by atoms with Gasteiger partial charge in [-0.25, -0.2) is 4.98 Å². The molecule has 0 radical (unpaired) electrons. The molecular formula is C19H19N5O5S2. The number of rotatable bonds is 6. The Balaban J connectivity index is 1.66. The van der Waals surface area contributed by atoms with E-state index in [-0.39, 0.29) is 22.6 Å². The Morgan fingerprint density at radius 2 is 2.03 bits per heavy atom. The van der Waals surface area contributed by atoms with Crippen molar-refractivity contribution in [3.8, 4) is 0 Å². The lowest BCUT2D eigenvalue weighted by Crippen LogP contribution is -2.42. The summed E-state index contributed by atoms with van der Waals surface area (Å²) in [5.41, 5.74) is 5.06. The number of aryl methyl sites for hydroxylation is 2. The second-order valence-electron chi connectivity index (χ2n) is 6.51. The van der Waals surface area contributed by atoms with Crippen molar-refractivity contribution in [2.24, 2.45) is 0 Å². The number of nitrogens with one attached hydrogen (secondary N) is 2. The highest BCUT2D eigenvalue weighted by Crippen LogP contribution is 2.28. The lowest BCUT2D eigenvalue weighted by Gasteiger charge is -2.10. The third-order valence-corrected chi connectivity index (χ3v) is 6.61. The Labute approximate surface area is 184 Å². The molecule has 0 unspecified atom stereocenters. The number of hydrazine groups is 1. The summed E-state index contributed by atoms with van der Waals surface area (Å²) in [5.74, 6) is -1.29. The van der Waals surface area contributed by atoms with Gasteiger partial charge in [-0.1, -0.05) is 17.8 Å². The van der Waals surface area contributed by atoms with Gasteiger partial charge >= 0.3 is 0 Å². The molecule has 0 atom stereocenters. The zero-order chi connectivity index (χ0) is 22.7. The third-order valence-electron chi connectivity index (χ3n) is 4.54. The second kappa shape index (κ2) is 9.27. The molecule has 162 valence electrons. The van der Waals surface area contributed by atoms with E-state index in [0.717, 1.165) is 28.3 Å². The van der Waals surface area contributed by atoms with Crippen LogP contribution in [0.1, 0.15) is 27.7 Å². The Kier molecular flexibility index (Phi) is 6.71. The van der Waals surface area contributed by atoms with Gasteiger partial charge in [-0.15, -0.1) is 11.3 Å². The maximum absolute atomic E-state index is 12.8. The van der Waals surface area contributed by atoms with Crippen LogP contribution in [0, 0.1) is 24.0 Å². The number of aromatic nitrogens is 2. The minimum atomic E-state index is -0.684. The predicted molar refractivity (Wildman–Crippen MR) is 118 cm³/mol. The summed E-state index contributed by atoms with van der Waals surface area (Å²) in [6.07, 6.45) is 0. The van der Waals surface area contributed by atoms with E-state index in [4.69, 9.17) is 0 Å². The smallest absolute Gasteiger partial charge is 0.270 e. The van der Waals surface area contributed by atoms with Gasteiger partial charge < -0.3 is 0 Å². The van der Waals surface area contributed by atoms with Gasteiger partial charge in [0.05, 0.1) is 16.1 Å². The summed E-state index contributed by atoms with van der Waals surface area (Å²) in [6.45, 7) is 6.06. The van der Waals surface area contributed by atoms with E-state index >= 15 is 0 Å². The maximum atomic E-state index is 12.8. The molecule has 2 aromatic heterocycles. The average Bonchev–Trinajstić information content (AvgIpc) is 3.04. The summed E-state index contributed by atoms with van der Waals surface area (Å²) in [6, 6.07) is 5.15. The number of carbonyl (C=O) groups is 2. The van der Waals surface area contributed by atoms with Crippen molar-refractivity contribution in [2.45, 2.75) is 32.5 Å². The molecule has 2 heterocycles. The highest BCUT2D eigenvalue weighted by molar-refractivity contribution is 7.99.